The third kappa shape index (κ3) is 3.53. The van der Waals surface area contributed by atoms with Gasteiger partial charge in [0, 0.05) is 6.54 Å². The normalized spacial score (nSPS) is 19.6. The first-order valence-electron chi connectivity index (χ1n) is 7.20. The molecule has 7 nitrogen and oxygen atoms in total. The van der Waals surface area contributed by atoms with Gasteiger partial charge in [-0.05, 0) is 36.6 Å². The number of carbonyl (C=O) groups is 1. The van der Waals surface area contributed by atoms with E-state index in [4.69, 9.17) is 4.42 Å². The van der Waals surface area contributed by atoms with Gasteiger partial charge in [-0.2, -0.15) is 0 Å². The van der Waals surface area contributed by atoms with E-state index in [1.165, 1.54) is 12.3 Å². The van der Waals surface area contributed by atoms with E-state index in [0.717, 1.165) is 0 Å². The Morgan fingerprint density at radius 1 is 1.35 bits per heavy atom. The minimum Gasteiger partial charge on any atom is -0.463 e. The molecule has 0 radical (unpaired) electrons. The molecule has 0 aliphatic carbocycles. The summed E-state index contributed by atoms with van der Waals surface area (Å²) in [7, 11) is -2.98. The van der Waals surface area contributed by atoms with Gasteiger partial charge in [0.1, 0.15) is 11.3 Å². The summed E-state index contributed by atoms with van der Waals surface area (Å²) in [6, 6.07) is 6.42. The van der Waals surface area contributed by atoms with Crippen molar-refractivity contribution in [1.82, 2.24) is 10.3 Å². The van der Waals surface area contributed by atoms with E-state index in [1.54, 1.807) is 18.2 Å². The van der Waals surface area contributed by atoms with Crippen LogP contribution >= 0.6 is 0 Å². The van der Waals surface area contributed by atoms with Crippen LogP contribution < -0.4 is 10.9 Å². The van der Waals surface area contributed by atoms with Crippen LogP contribution in [0.3, 0.4) is 0 Å². The number of nitrogens with one attached hydrogen (secondary N) is 2. The fourth-order valence-corrected chi connectivity index (χ4v) is 4.46. The van der Waals surface area contributed by atoms with Gasteiger partial charge in [-0.15, -0.1) is 0 Å². The third-order valence-electron chi connectivity index (χ3n) is 3.82. The molecule has 0 spiro atoms. The summed E-state index contributed by atoms with van der Waals surface area (Å²) in [5.74, 6) is 0.143. The highest BCUT2D eigenvalue weighted by molar-refractivity contribution is 7.91. The van der Waals surface area contributed by atoms with Crippen molar-refractivity contribution in [2.75, 3.05) is 18.1 Å². The molecule has 1 saturated heterocycles. The molecule has 23 heavy (non-hydrogen) atoms. The fraction of sp³-hybridized carbons (Fsp3) is 0.333. The second kappa shape index (κ2) is 6.04. The van der Waals surface area contributed by atoms with Gasteiger partial charge in [0.15, 0.2) is 9.84 Å². The monoisotopic (exact) mass is 336 g/mol. The number of hydrogen-bond donors (Lipinski definition) is 2. The van der Waals surface area contributed by atoms with Crippen molar-refractivity contribution in [2.45, 2.75) is 6.42 Å². The molecule has 8 heteroatoms. The molecular weight excluding hydrogens is 320 g/mol. The first-order chi connectivity index (χ1) is 10.9. The van der Waals surface area contributed by atoms with E-state index in [0.29, 0.717) is 17.9 Å². The quantitative estimate of drug-likeness (QED) is 0.858. The van der Waals surface area contributed by atoms with Gasteiger partial charge in [0.05, 0.1) is 23.5 Å². The Bertz CT molecular complexity index is 868. The number of rotatable bonds is 4. The summed E-state index contributed by atoms with van der Waals surface area (Å²) < 4.78 is 27.9. The highest BCUT2D eigenvalue weighted by Gasteiger charge is 2.28. The van der Waals surface area contributed by atoms with Crippen molar-refractivity contribution < 1.29 is 17.6 Å². The van der Waals surface area contributed by atoms with Crippen LogP contribution in [0.4, 0.5) is 0 Å². The van der Waals surface area contributed by atoms with Crippen molar-refractivity contribution in [1.29, 1.82) is 0 Å². The average molecular weight is 336 g/mol. The number of pyridine rings is 1. The Kier molecular flexibility index (Phi) is 4.08. The van der Waals surface area contributed by atoms with Gasteiger partial charge in [-0.1, -0.05) is 0 Å². The standard InChI is InChI=1S/C15H16N2O5S/c18-14(16-8-10-5-7-23(20,21)9-10)11-3-4-12(17-15(11)19)13-2-1-6-22-13/h1-4,6,10H,5,7-9H2,(H,16,18)(H,17,19)/t10-/m1/s1. The number of furan rings is 1. The number of amides is 1. The van der Waals surface area contributed by atoms with Gasteiger partial charge in [-0.3, -0.25) is 9.59 Å². The third-order valence-corrected chi connectivity index (χ3v) is 5.66. The molecule has 3 heterocycles. The van der Waals surface area contributed by atoms with E-state index in [-0.39, 0.29) is 29.5 Å². The molecular formula is C15H16N2O5S. The molecule has 1 amide bonds. The van der Waals surface area contributed by atoms with Gasteiger partial charge in [0.2, 0.25) is 0 Å². The Balaban J connectivity index is 1.67. The van der Waals surface area contributed by atoms with Crippen LogP contribution in [0, 0.1) is 5.92 Å². The van der Waals surface area contributed by atoms with Crippen molar-refractivity contribution in [3.8, 4) is 11.5 Å². The smallest absolute Gasteiger partial charge is 0.261 e. The molecule has 0 saturated carbocycles. The van der Waals surface area contributed by atoms with E-state index < -0.39 is 21.3 Å². The van der Waals surface area contributed by atoms with Crippen molar-refractivity contribution in [3.05, 3.63) is 46.4 Å². The highest BCUT2D eigenvalue weighted by Crippen LogP contribution is 2.18. The molecule has 1 fully saturated rings. The minimum atomic E-state index is -2.98. The lowest BCUT2D eigenvalue weighted by Gasteiger charge is -2.09. The zero-order chi connectivity index (χ0) is 16.4. The van der Waals surface area contributed by atoms with E-state index in [1.807, 2.05) is 0 Å². The molecule has 1 aliphatic rings. The van der Waals surface area contributed by atoms with E-state index >= 15 is 0 Å². The number of carbonyl (C=O) groups excluding carboxylic acids is 1. The molecule has 122 valence electrons. The van der Waals surface area contributed by atoms with Gasteiger partial charge < -0.3 is 14.7 Å². The maximum atomic E-state index is 12.1. The SMILES string of the molecule is O=C(NC[C@H]1CCS(=O)(=O)C1)c1ccc(-c2ccco2)[nH]c1=O. The zero-order valence-corrected chi connectivity index (χ0v) is 13.1. The summed E-state index contributed by atoms with van der Waals surface area (Å²) >= 11 is 0. The summed E-state index contributed by atoms with van der Waals surface area (Å²) in [6.07, 6.45) is 2.03. The number of aromatic amines is 1. The summed E-state index contributed by atoms with van der Waals surface area (Å²) in [5.41, 5.74) is -0.0463. The fourth-order valence-electron chi connectivity index (χ4n) is 2.59. The number of hydrogen-bond acceptors (Lipinski definition) is 5. The number of aromatic nitrogens is 1. The van der Waals surface area contributed by atoms with Gasteiger partial charge in [0.25, 0.3) is 11.5 Å². The summed E-state index contributed by atoms with van der Waals surface area (Å²) in [6.45, 7) is 0.247. The van der Waals surface area contributed by atoms with Crippen molar-refractivity contribution in [2.24, 2.45) is 5.92 Å². The highest BCUT2D eigenvalue weighted by atomic mass is 32.2. The number of H-pyrrole nitrogens is 1. The first kappa shape index (κ1) is 15.5. The number of sulfone groups is 1. The van der Waals surface area contributed by atoms with Gasteiger partial charge >= 0.3 is 0 Å². The first-order valence-corrected chi connectivity index (χ1v) is 9.02. The average Bonchev–Trinajstić information content (AvgIpc) is 3.14. The maximum absolute atomic E-state index is 12.1. The largest absolute Gasteiger partial charge is 0.463 e. The minimum absolute atomic E-state index is 0.0128. The molecule has 1 aliphatic heterocycles. The topological polar surface area (TPSA) is 109 Å². The molecule has 0 bridgehead atoms. The van der Waals surface area contributed by atoms with Crippen LogP contribution in [0.1, 0.15) is 16.8 Å². The zero-order valence-electron chi connectivity index (χ0n) is 12.2. The molecule has 3 rings (SSSR count). The van der Waals surface area contributed by atoms with Crippen LogP contribution in [0.2, 0.25) is 0 Å². The Morgan fingerprint density at radius 2 is 2.17 bits per heavy atom. The van der Waals surface area contributed by atoms with Crippen LogP contribution in [-0.2, 0) is 9.84 Å². The molecule has 0 unspecified atom stereocenters. The maximum Gasteiger partial charge on any atom is 0.261 e. The molecule has 2 aromatic rings. The van der Waals surface area contributed by atoms with Crippen molar-refractivity contribution >= 4 is 15.7 Å². The van der Waals surface area contributed by atoms with Crippen LogP contribution in [0.5, 0.6) is 0 Å². The predicted molar refractivity (Wildman–Crippen MR) is 83.9 cm³/mol. The second-order valence-corrected chi connectivity index (χ2v) is 7.80. The van der Waals surface area contributed by atoms with Crippen LogP contribution in [-0.4, -0.2) is 37.4 Å². The van der Waals surface area contributed by atoms with E-state index in [9.17, 15) is 18.0 Å². The second-order valence-electron chi connectivity index (χ2n) is 5.57. The molecule has 0 aromatic carbocycles. The van der Waals surface area contributed by atoms with Crippen LogP contribution in [0.25, 0.3) is 11.5 Å². The van der Waals surface area contributed by atoms with Crippen molar-refractivity contribution in [3.63, 3.8) is 0 Å². The molecule has 2 N–H and O–H groups in total. The Hall–Kier alpha value is -2.35. The Labute approximate surface area is 132 Å². The lowest BCUT2D eigenvalue weighted by molar-refractivity contribution is 0.0947. The lowest BCUT2D eigenvalue weighted by Crippen LogP contribution is -2.33. The summed E-state index contributed by atoms with van der Waals surface area (Å²) in [5, 5.41) is 2.63. The van der Waals surface area contributed by atoms with Crippen LogP contribution in [0.15, 0.2) is 39.7 Å². The van der Waals surface area contributed by atoms with E-state index in [2.05, 4.69) is 10.3 Å². The predicted octanol–water partition coefficient (Wildman–Crippen LogP) is 0.799. The lowest BCUT2D eigenvalue weighted by atomic mass is 10.1. The summed E-state index contributed by atoms with van der Waals surface area (Å²) in [4.78, 5) is 26.7. The molecule has 1 atom stereocenters. The molecule has 2 aromatic heterocycles. The Morgan fingerprint density at radius 3 is 2.78 bits per heavy atom. The van der Waals surface area contributed by atoms with Gasteiger partial charge in [-0.25, -0.2) is 8.42 Å².